The highest BCUT2D eigenvalue weighted by Crippen LogP contribution is 1.59. The lowest BCUT2D eigenvalue weighted by Gasteiger charge is -1.91. The fourth-order valence-corrected chi connectivity index (χ4v) is 0. The highest BCUT2D eigenvalue weighted by molar-refractivity contribution is 7.79. The van der Waals surface area contributed by atoms with Crippen LogP contribution in [0.1, 0.15) is 0 Å². The second-order valence-corrected chi connectivity index (χ2v) is 2.31. The van der Waals surface area contributed by atoms with Gasteiger partial charge >= 0.3 is 10.4 Å². The van der Waals surface area contributed by atoms with Crippen LogP contribution in [0.5, 0.6) is 0 Å². The lowest BCUT2D eigenvalue weighted by Crippen LogP contribution is -2.18. The van der Waals surface area contributed by atoms with Gasteiger partial charge in [-0.3, -0.25) is 20.0 Å². The molecule has 0 spiro atoms. The van der Waals surface area contributed by atoms with Crippen LogP contribution in [0.15, 0.2) is 0 Å². The second kappa shape index (κ2) is 4.65. The maximum absolute atomic E-state index is 8.74. The lowest BCUT2D eigenvalue weighted by atomic mass is 11.2. The van der Waals surface area contributed by atoms with Crippen molar-refractivity contribution in [2.45, 2.75) is 0 Å². The summed E-state index contributed by atoms with van der Waals surface area (Å²) in [5.74, 6) is 4.94. The molecule has 0 radical (unpaired) electrons. The normalized spacial score (nSPS) is 10.4. The minimum absolute atomic E-state index is 1.50. The molecule has 0 atom stereocenters. The predicted octanol–water partition coefficient (Wildman–Crippen LogP) is -1.23. The zero-order valence-corrected chi connectivity index (χ0v) is 5.96. The van der Waals surface area contributed by atoms with Gasteiger partial charge in [0.15, 0.2) is 0 Å². The Morgan fingerprint density at radius 3 is 1.33 bits per heavy atom. The van der Waals surface area contributed by atoms with Gasteiger partial charge in [0.2, 0.25) is 0 Å². The maximum Gasteiger partial charge on any atom is 0.394 e. The summed E-state index contributed by atoms with van der Waals surface area (Å²) in [4.78, 5) is 0. The molecule has 0 aromatic carbocycles. The van der Waals surface area contributed by atoms with E-state index in [4.69, 9.17) is 23.4 Å². The highest BCUT2D eigenvalue weighted by atomic mass is 32.3. The maximum atomic E-state index is 8.74. The molecule has 0 rings (SSSR count). The van der Waals surface area contributed by atoms with Crippen molar-refractivity contribution in [1.29, 1.82) is 0 Å². The van der Waals surface area contributed by atoms with E-state index in [1.807, 2.05) is 0 Å². The molecule has 0 aliphatic rings. The fraction of sp³-hybridized carbons (Fsp3) is 1.00. The molecule has 0 aromatic heterocycles. The largest absolute Gasteiger partial charge is 0.394 e. The summed E-state index contributed by atoms with van der Waals surface area (Å²) in [7, 11) is -1.11. The van der Waals surface area contributed by atoms with Gasteiger partial charge in [-0.25, -0.2) is 0 Å². The first-order chi connectivity index (χ1) is 3.73. The topological polar surface area (TPSA) is 104 Å². The van der Waals surface area contributed by atoms with E-state index in [1.54, 1.807) is 14.1 Å². The summed E-state index contributed by atoms with van der Waals surface area (Å²) in [6.07, 6.45) is 0. The molecule has 58 valence electrons. The SMILES string of the molecule is CN(C)N.O=S(=O)(O)O. The molecule has 0 bridgehead atoms. The third-order valence-corrected chi connectivity index (χ3v) is 0. The Hall–Kier alpha value is -0.210. The molecule has 0 saturated heterocycles. The summed E-state index contributed by atoms with van der Waals surface area (Å²) in [6.45, 7) is 0. The Labute approximate surface area is 53.8 Å². The van der Waals surface area contributed by atoms with Gasteiger partial charge in [0.1, 0.15) is 0 Å². The molecule has 4 N–H and O–H groups in total. The summed E-state index contributed by atoms with van der Waals surface area (Å²) in [6, 6.07) is 0. The molecule has 6 nitrogen and oxygen atoms in total. The minimum atomic E-state index is -4.67. The van der Waals surface area contributed by atoms with Gasteiger partial charge in [0, 0.05) is 14.1 Å². The van der Waals surface area contributed by atoms with Gasteiger partial charge in [0.05, 0.1) is 0 Å². The van der Waals surface area contributed by atoms with Gasteiger partial charge in [0.25, 0.3) is 0 Å². The number of rotatable bonds is 0. The average Bonchev–Trinajstić information content (AvgIpc) is 1.19. The molecule has 0 fully saturated rings. The third-order valence-electron chi connectivity index (χ3n) is 0. The second-order valence-electron chi connectivity index (χ2n) is 1.41. The van der Waals surface area contributed by atoms with Crippen LogP contribution in [0.2, 0.25) is 0 Å². The van der Waals surface area contributed by atoms with Gasteiger partial charge < -0.3 is 0 Å². The van der Waals surface area contributed by atoms with Gasteiger partial charge in [-0.1, -0.05) is 0 Å². The van der Waals surface area contributed by atoms with E-state index in [9.17, 15) is 0 Å². The standard InChI is InChI=1S/C2H8N2.H2O4S/c1-4(2)3;1-5(2,3)4/h3H2,1-2H3;(H2,1,2,3,4). The first-order valence-corrected chi connectivity index (χ1v) is 3.25. The third kappa shape index (κ3) is 5920. The predicted molar refractivity (Wildman–Crippen MR) is 32.1 cm³/mol. The minimum Gasteiger partial charge on any atom is -0.269 e. The Morgan fingerprint density at radius 1 is 1.33 bits per heavy atom. The Morgan fingerprint density at radius 2 is 1.33 bits per heavy atom. The van der Waals surface area contributed by atoms with E-state index < -0.39 is 10.4 Å². The zero-order valence-electron chi connectivity index (χ0n) is 5.14. The van der Waals surface area contributed by atoms with Crippen LogP contribution in [0.3, 0.4) is 0 Å². The van der Waals surface area contributed by atoms with Crippen molar-refractivity contribution in [3.05, 3.63) is 0 Å². The smallest absolute Gasteiger partial charge is 0.269 e. The van der Waals surface area contributed by atoms with Crippen LogP contribution in [0, 0.1) is 0 Å². The van der Waals surface area contributed by atoms with Gasteiger partial charge in [-0.05, 0) is 0 Å². The van der Waals surface area contributed by atoms with E-state index in [1.165, 1.54) is 5.01 Å². The fourth-order valence-electron chi connectivity index (χ4n) is 0. The highest BCUT2D eigenvalue weighted by Gasteiger charge is 1.84. The van der Waals surface area contributed by atoms with Gasteiger partial charge in [-0.15, -0.1) is 0 Å². The van der Waals surface area contributed by atoms with Crippen LogP contribution in [-0.2, 0) is 10.4 Å². The van der Waals surface area contributed by atoms with E-state index in [0.29, 0.717) is 0 Å². The quantitative estimate of drug-likeness (QED) is 0.231. The number of nitrogens with two attached hydrogens (primary N) is 1. The van der Waals surface area contributed by atoms with Crippen molar-refractivity contribution in [2.75, 3.05) is 14.1 Å². The van der Waals surface area contributed by atoms with Gasteiger partial charge in [-0.2, -0.15) is 8.42 Å². The molecule has 0 saturated carbocycles. The van der Waals surface area contributed by atoms with Crippen molar-refractivity contribution in [3.63, 3.8) is 0 Å². The summed E-state index contributed by atoms with van der Waals surface area (Å²) in [5.41, 5.74) is 0. The first-order valence-electron chi connectivity index (χ1n) is 1.85. The number of hydrogen-bond donors (Lipinski definition) is 3. The lowest BCUT2D eigenvalue weighted by molar-refractivity contribution is 0.381. The Balaban J connectivity index is 0. The average molecular weight is 158 g/mol. The van der Waals surface area contributed by atoms with Crippen molar-refractivity contribution >= 4 is 10.4 Å². The summed E-state index contributed by atoms with van der Waals surface area (Å²) >= 11 is 0. The van der Waals surface area contributed by atoms with E-state index >= 15 is 0 Å². The molecular weight excluding hydrogens is 148 g/mol. The van der Waals surface area contributed by atoms with E-state index in [-0.39, 0.29) is 0 Å². The van der Waals surface area contributed by atoms with Crippen molar-refractivity contribution in [3.8, 4) is 0 Å². The molecule has 0 aliphatic carbocycles. The Kier molecular flexibility index (Phi) is 5.98. The molecule has 0 unspecified atom stereocenters. The Bertz CT molecular complexity index is 128. The molecule has 0 aromatic rings. The van der Waals surface area contributed by atoms with Crippen molar-refractivity contribution in [1.82, 2.24) is 5.01 Å². The van der Waals surface area contributed by atoms with Crippen molar-refractivity contribution < 1.29 is 17.5 Å². The number of hydrogen-bond acceptors (Lipinski definition) is 4. The molecular formula is C2H10N2O4S. The summed E-state index contributed by atoms with van der Waals surface area (Å²) < 4.78 is 31.6. The van der Waals surface area contributed by atoms with Crippen LogP contribution in [0.4, 0.5) is 0 Å². The van der Waals surface area contributed by atoms with Crippen LogP contribution in [0.25, 0.3) is 0 Å². The van der Waals surface area contributed by atoms with Crippen molar-refractivity contribution in [2.24, 2.45) is 5.84 Å². The number of nitrogens with zero attached hydrogens (tertiary/aromatic N) is 1. The molecule has 0 amide bonds. The molecule has 9 heavy (non-hydrogen) atoms. The first kappa shape index (κ1) is 11.6. The number of hydrazine groups is 1. The van der Waals surface area contributed by atoms with E-state index in [0.717, 1.165) is 0 Å². The summed E-state index contributed by atoms with van der Waals surface area (Å²) in [5, 5.41) is 1.50. The molecule has 0 heterocycles. The van der Waals surface area contributed by atoms with Crippen LogP contribution >= 0.6 is 0 Å². The molecule has 0 aliphatic heterocycles. The van der Waals surface area contributed by atoms with Crippen LogP contribution in [-0.4, -0.2) is 36.6 Å². The van der Waals surface area contributed by atoms with Crippen LogP contribution < -0.4 is 5.84 Å². The molecule has 7 heteroatoms. The monoisotopic (exact) mass is 158 g/mol. The van der Waals surface area contributed by atoms with E-state index in [2.05, 4.69) is 0 Å². The zero-order chi connectivity index (χ0) is 8.08.